The molecule has 0 fully saturated rings. The van der Waals surface area contributed by atoms with Crippen LogP contribution in [0.15, 0.2) is 23.6 Å². The van der Waals surface area contributed by atoms with Crippen LogP contribution in [0.3, 0.4) is 0 Å². The molecule has 19 heavy (non-hydrogen) atoms. The minimum Gasteiger partial charge on any atom is -0.378 e. The van der Waals surface area contributed by atoms with Crippen LogP contribution in [0.1, 0.15) is 28.4 Å². The van der Waals surface area contributed by atoms with E-state index >= 15 is 0 Å². The van der Waals surface area contributed by atoms with E-state index in [1.807, 2.05) is 5.38 Å². The summed E-state index contributed by atoms with van der Waals surface area (Å²) in [6, 6.07) is 6.62. The zero-order valence-electron chi connectivity index (χ0n) is 11.5. The van der Waals surface area contributed by atoms with E-state index in [-0.39, 0.29) is 5.78 Å². The Morgan fingerprint density at radius 2 is 2.05 bits per heavy atom. The minimum atomic E-state index is 0.186. The topological polar surface area (TPSA) is 20.3 Å². The van der Waals surface area contributed by atoms with Crippen LogP contribution in [-0.4, -0.2) is 19.9 Å². The highest BCUT2D eigenvalue weighted by atomic mass is 32.1. The van der Waals surface area contributed by atoms with Gasteiger partial charge in [0.2, 0.25) is 0 Å². The molecule has 0 bridgehead atoms. The first-order valence-corrected chi connectivity index (χ1v) is 7.38. The van der Waals surface area contributed by atoms with Crippen molar-refractivity contribution >= 4 is 22.8 Å². The van der Waals surface area contributed by atoms with Gasteiger partial charge in [-0.25, -0.2) is 0 Å². The van der Waals surface area contributed by atoms with Gasteiger partial charge in [0, 0.05) is 35.6 Å². The molecule has 0 aliphatic heterocycles. The predicted molar refractivity (Wildman–Crippen MR) is 81.5 cm³/mol. The molecule has 98 valence electrons. The van der Waals surface area contributed by atoms with Crippen LogP contribution in [0.5, 0.6) is 0 Å². The van der Waals surface area contributed by atoms with E-state index in [9.17, 15) is 4.79 Å². The lowest BCUT2D eigenvalue weighted by Crippen LogP contribution is -2.11. The second-order valence-electron chi connectivity index (χ2n) is 5.25. The summed E-state index contributed by atoms with van der Waals surface area (Å²) in [7, 11) is 4.13. The van der Waals surface area contributed by atoms with Crippen LogP contribution in [0.2, 0.25) is 0 Å². The highest BCUT2D eigenvalue weighted by molar-refractivity contribution is 7.14. The Labute approximate surface area is 117 Å². The maximum Gasteiger partial charge on any atom is 0.160 e. The number of hydrogen-bond acceptors (Lipinski definition) is 3. The second kappa shape index (κ2) is 4.49. The Bertz CT molecular complexity index is 655. The summed E-state index contributed by atoms with van der Waals surface area (Å²) in [5.74, 6) is 0.186. The van der Waals surface area contributed by atoms with Crippen molar-refractivity contribution < 1.29 is 4.79 Å². The summed E-state index contributed by atoms with van der Waals surface area (Å²) in [6.07, 6.45) is 2.01. The van der Waals surface area contributed by atoms with Gasteiger partial charge in [-0.2, -0.15) is 0 Å². The number of ketones is 1. The van der Waals surface area contributed by atoms with E-state index in [0.717, 1.165) is 18.4 Å². The highest BCUT2D eigenvalue weighted by Crippen LogP contribution is 2.41. The normalized spacial score (nSPS) is 12.8. The average Bonchev–Trinajstić information content (AvgIpc) is 2.82. The van der Waals surface area contributed by atoms with Gasteiger partial charge in [-0.05, 0) is 48.6 Å². The highest BCUT2D eigenvalue weighted by Gasteiger charge is 2.22. The molecule has 0 unspecified atom stereocenters. The molecule has 0 radical (unpaired) electrons. The molecular formula is C16H17NOS. The summed E-state index contributed by atoms with van der Waals surface area (Å²) in [5, 5.41) is 2.02. The van der Waals surface area contributed by atoms with Crippen LogP contribution in [-0.2, 0) is 12.8 Å². The number of carbonyl (C=O) groups is 1. The van der Waals surface area contributed by atoms with E-state index in [2.05, 4.69) is 37.2 Å². The molecule has 0 saturated heterocycles. The molecule has 0 spiro atoms. The molecule has 3 heteroatoms. The Balaban J connectivity index is 2.12. The molecule has 2 aromatic rings. The molecule has 1 aromatic heterocycles. The van der Waals surface area contributed by atoms with Gasteiger partial charge in [-0.1, -0.05) is 6.07 Å². The summed E-state index contributed by atoms with van der Waals surface area (Å²) in [5.41, 5.74) is 6.12. The number of anilines is 1. The molecule has 1 aliphatic rings. The summed E-state index contributed by atoms with van der Waals surface area (Å²) >= 11 is 1.70. The van der Waals surface area contributed by atoms with E-state index in [0.29, 0.717) is 0 Å². The van der Waals surface area contributed by atoms with Crippen LogP contribution in [0.25, 0.3) is 10.4 Å². The molecular weight excluding hydrogens is 254 g/mol. The first kappa shape index (κ1) is 12.4. The van der Waals surface area contributed by atoms with Crippen LogP contribution >= 0.6 is 11.3 Å². The van der Waals surface area contributed by atoms with Crippen LogP contribution < -0.4 is 4.90 Å². The van der Waals surface area contributed by atoms with Crippen molar-refractivity contribution in [3.63, 3.8) is 0 Å². The standard InChI is InChI=1S/C16H17NOS/c1-10(18)15-9-19-16-13-7-5-12(17(2)3)8-11(13)4-6-14(15)16/h5,7-9H,4,6H2,1-3H3. The largest absolute Gasteiger partial charge is 0.378 e. The molecule has 0 N–H and O–H groups in total. The lowest BCUT2D eigenvalue weighted by atomic mass is 9.88. The first-order chi connectivity index (χ1) is 9.08. The number of Topliss-reactive ketones (excluding diaryl/α,β-unsaturated/α-hetero) is 1. The fourth-order valence-corrected chi connectivity index (χ4v) is 3.92. The van der Waals surface area contributed by atoms with E-state index in [1.165, 1.54) is 27.3 Å². The maximum absolute atomic E-state index is 11.6. The van der Waals surface area contributed by atoms with Crippen molar-refractivity contribution in [3.8, 4) is 10.4 Å². The van der Waals surface area contributed by atoms with Crippen molar-refractivity contribution in [2.24, 2.45) is 0 Å². The Kier molecular flexibility index (Phi) is 2.94. The zero-order chi connectivity index (χ0) is 13.6. The van der Waals surface area contributed by atoms with Gasteiger partial charge in [-0.3, -0.25) is 4.79 Å². The molecule has 1 aliphatic carbocycles. The third-order valence-corrected chi connectivity index (χ3v) is 4.82. The minimum absolute atomic E-state index is 0.186. The maximum atomic E-state index is 11.6. The summed E-state index contributed by atoms with van der Waals surface area (Å²) in [6.45, 7) is 1.66. The molecule has 0 atom stereocenters. The second-order valence-corrected chi connectivity index (χ2v) is 6.13. The van der Waals surface area contributed by atoms with Crippen molar-refractivity contribution in [2.45, 2.75) is 19.8 Å². The predicted octanol–water partition coefficient (Wildman–Crippen LogP) is 3.78. The Hall–Kier alpha value is -1.61. The van der Waals surface area contributed by atoms with E-state index < -0.39 is 0 Å². The van der Waals surface area contributed by atoms with Crippen molar-refractivity contribution in [1.29, 1.82) is 0 Å². The van der Waals surface area contributed by atoms with Crippen molar-refractivity contribution in [3.05, 3.63) is 40.3 Å². The van der Waals surface area contributed by atoms with E-state index in [4.69, 9.17) is 0 Å². The fraction of sp³-hybridized carbons (Fsp3) is 0.312. The van der Waals surface area contributed by atoms with Gasteiger partial charge in [0.15, 0.2) is 5.78 Å². The number of nitrogens with zero attached hydrogens (tertiary/aromatic N) is 1. The summed E-state index contributed by atoms with van der Waals surface area (Å²) < 4.78 is 0. The number of benzene rings is 1. The fourth-order valence-electron chi connectivity index (χ4n) is 2.70. The lowest BCUT2D eigenvalue weighted by Gasteiger charge is -2.20. The molecule has 3 rings (SSSR count). The van der Waals surface area contributed by atoms with Gasteiger partial charge in [0.05, 0.1) is 0 Å². The van der Waals surface area contributed by atoms with Crippen LogP contribution in [0, 0.1) is 0 Å². The Morgan fingerprint density at radius 1 is 1.26 bits per heavy atom. The lowest BCUT2D eigenvalue weighted by molar-refractivity contribution is 0.101. The van der Waals surface area contributed by atoms with Crippen molar-refractivity contribution in [2.75, 3.05) is 19.0 Å². The molecule has 0 saturated carbocycles. The molecule has 2 nitrogen and oxygen atoms in total. The Morgan fingerprint density at radius 3 is 2.74 bits per heavy atom. The molecule has 1 aromatic carbocycles. The van der Waals surface area contributed by atoms with Gasteiger partial charge in [-0.15, -0.1) is 11.3 Å². The third kappa shape index (κ3) is 1.98. The third-order valence-electron chi connectivity index (χ3n) is 3.77. The van der Waals surface area contributed by atoms with E-state index in [1.54, 1.807) is 18.3 Å². The van der Waals surface area contributed by atoms with Gasteiger partial charge < -0.3 is 4.90 Å². The zero-order valence-corrected chi connectivity index (χ0v) is 12.3. The number of rotatable bonds is 2. The number of carbonyl (C=O) groups excluding carboxylic acids is 1. The van der Waals surface area contributed by atoms with Gasteiger partial charge in [0.1, 0.15) is 0 Å². The quantitative estimate of drug-likeness (QED) is 0.775. The number of aryl methyl sites for hydroxylation is 1. The number of thiophene rings is 1. The number of fused-ring (bicyclic) bond motifs is 3. The van der Waals surface area contributed by atoms with Crippen molar-refractivity contribution in [1.82, 2.24) is 0 Å². The number of hydrogen-bond donors (Lipinski definition) is 0. The molecule has 1 heterocycles. The SMILES string of the molecule is CC(=O)c1csc2c1CCc1cc(N(C)C)ccc1-2. The van der Waals surface area contributed by atoms with Gasteiger partial charge in [0.25, 0.3) is 0 Å². The monoisotopic (exact) mass is 271 g/mol. The average molecular weight is 271 g/mol. The molecule has 0 amide bonds. The first-order valence-electron chi connectivity index (χ1n) is 6.50. The smallest absolute Gasteiger partial charge is 0.160 e. The van der Waals surface area contributed by atoms with Gasteiger partial charge >= 0.3 is 0 Å². The summed E-state index contributed by atoms with van der Waals surface area (Å²) in [4.78, 5) is 15.1. The van der Waals surface area contributed by atoms with Crippen LogP contribution in [0.4, 0.5) is 5.69 Å².